The number of rotatable bonds is 3. The Labute approximate surface area is 122 Å². The number of aromatic nitrogens is 3. The van der Waals surface area contributed by atoms with Gasteiger partial charge in [-0.05, 0) is 18.4 Å². The second-order valence-corrected chi connectivity index (χ2v) is 6.03. The Kier molecular flexibility index (Phi) is 2.61. The number of hydrogen-bond donors (Lipinski definition) is 0. The van der Waals surface area contributed by atoms with Crippen molar-refractivity contribution < 1.29 is 4.39 Å². The van der Waals surface area contributed by atoms with Crippen molar-refractivity contribution in [2.75, 3.05) is 0 Å². The maximum Gasteiger partial charge on any atom is 0.162 e. The van der Waals surface area contributed by atoms with Gasteiger partial charge in [0.15, 0.2) is 17.8 Å². The van der Waals surface area contributed by atoms with Crippen LogP contribution < -0.4 is 0 Å². The number of hydrogen-bond acceptors (Lipinski definition) is 3. The van der Waals surface area contributed by atoms with Crippen LogP contribution in [0.4, 0.5) is 4.39 Å². The topological polar surface area (TPSA) is 54.5 Å². The van der Waals surface area contributed by atoms with Crippen LogP contribution >= 0.6 is 0 Å². The fraction of sp³-hybridized carbons (Fsp3) is 0.438. The molecule has 106 valence electrons. The first kappa shape index (κ1) is 12.5. The van der Waals surface area contributed by atoms with Crippen molar-refractivity contribution in [2.24, 2.45) is 5.41 Å². The van der Waals surface area contributed by atoms with Crippen LogP contribution in [0.5, 0.6) is 0 Å². The van der Waals surface area contributed by atoms with E-state index in [2.05, 4.69) is 16.2 Å². The van der Waals surface area contributed by atoms with E-state index in [1.165, 1.54) is 0 Å². The number of fused-ring (bicyclic) bond motifs is 1. The molecule has 1 aliphatic heterocycles. The molecule has 0 amide bonds. The monoisotopic (exact) mass is 282 g/mol. The van der Waals surface area contributed by atoms with Gasteiger partial charge in [-0.1, -0.05) is 30.3 Å². The molecule has 0 unspecified atom stereocenters. The van der Waals surface area contributed by atoms with Crippen molar-refractivity contribution >= 4 is 0 Å². The first-order valence-corrected chi connectivity index (χ1v) is 7.26. The fourth-order valence-electron chi connectivity index (χ4n) is 3.03. The molecule has 0 radical (unpaired) electrons. The zero-order valence-corrected chi connectivity index (χ0v) is 11.5. The van der Waals surface area contributed by atoms with E-state index in [1.807, 2.05) is 30.3 Å². The summed E-state index contributed by atoms with van der Waals surface area (Å²) in [5.41, 5.74) is 0.758. The second kappa shape index (κ2) is 4.39. The number of nitriles is 1. The van der Waals surface area contributed by atoms with E-state index in [1.54, 1.807) is 4.68 Å². The average Bonchev–Trinajstić information content (AvgIpc) is 3.05. The van der Waals surface area contributed by atoms with Crippen molar-refractivity contribution in [3.63, 3.8) is 0 Å². The Balaban J connectivity index is 1.67. The predicted molar refractivity (Wildman–Crippen MR) is 74.1 cm³/mol. The lowest BCUT2D eigenvalue weighted by molar-refractivity contribution is 0.327. The summed E-state index contributed by atoms with van der Waals surface area (Å²) in [4.78, 5) is 4.35. The van der Waals surface area contributed by atoms with Gasteiger partial charge in [0.1, 0.15) is 0 Å². The summed E-state index contributed by atoms with van der Waals surface area (Å²) in [5, 5.41) is 13.6. The fourth-order valence-corrected chi connectivity index (χ4v) is 3.03. The minimum atomic E-state index is -1.08. The van der Waals surface area contributed by atoms with Crippen LogP contribution in [0.25, 0.3) is 0 Å². The Morgan fingerprint density at radius 3 is 2.76 bits per heavy atom. The van der Waals surface area contributed by atoms with Gasteiger partial charge in [0, 0.05) is 12.8 Å². The van der Waals surface area contributed by atoms with Gasteiger partial charge in [-0.2, -0.15) is 10.4 Å². The van der Waals surface area contributed by atoms with Crippen LogP contribution in [-0.2, 0) is 6.42 Å². The van der Waals surface area contributed by atoms with Gasteiger partial charge >= 0.3 is 0 Å². The van der Waals surface area contributed by atoms with Crippen LogP contribution in [0.2, 0.25) is 0 Å². The highest BCUT2D eigenvalue weighted by atomic mass is 19.1. The SMILES string of the molecule is N#CC1(Cc2nc3n(n2)[C@@H](c2ccccc2)C[C@H]3F)CC1. The van der Waals surface area contributed by atoms with E-state index in [-0.39, 0.29) is 11.5 Å². The summed E-state index contributed by atoms with van der Waals surface area (Å²) in [7, 11) is 0. The highest BCUT2D eigenvalue weighted by Crippen LogP contribution is 2.48. The second-order valence-electron chi connectivity index (χ2n) is 6.03. The Morgan fingerprint density at radius 1 is 1.33 bits per heavy atom. The number of benzene rings is 1. The molecule has 4 nitrogen and oxygen atoms in total. The molecular weight excluding hydrogens is 267 g/mol. The van der Waals surface area contributed by atoms with Crippen LogP contribution in [0.1, 0.15) is 48.7 Å². The van der Waals surface area contributed by atoms with Gasteiger partial charge in [0.25, 0.3) is 0 Å². The minimum absolute atomic E-state index is 0.0883. The van der Waals surface area contributed by atoms with Gasteiger partial charge in [-0.15, -0.1) is 0 Å². The Bertz CT molecular complexity index is 712. The number of halogens is 1. The van der Waals surface area contributed by atoms with E-state index in [9.17, 15) is 4.39 Å². The maximum absolute atomic E-state index is 14.2. The van der Waals surface area contributed by atoms with Crippen molar-refractivity contribution in [3.8, 4) is 6.07 Å². The summed E-state index contributed by atoms with van der Waals surface area (Å²) in [5.74, 6) is 1.01. The summed E-state index contributed by atoms with van der Waals surface area (Å²) in [6, 6.07) is 12.1. The van der Waals surface area contributed by atoms with Crippen molar-refractivity contribution in [1.82, 2.24) is 14.8 Å². The largest absolute Gasteiger partial charge is 0.239 e. The predicted octanol–water partition coefficient (Wildman–Crippen LogP) is 3.13. The highest BCUT2D eigenvalue weighted by molar-refractivity contribution is 5.24. The van der Waals surface area contributed by atoms with Crippen LogP contribution in [0.15, 0.2) is 30.3 Å². The first-order valence-electron chi connectivity index (χ1n) is 7.26. The summed E-state index contributed by atoms with van der Waals surface area (Å²) >= 11 is 0. The third-order valence-corrected chi connectivity index (χ3v) is 4.48. The number of nitrogens with zero attached hydrogens (tertiary/aromatic N) is 4. The quantitative estimate of drug-likeness (QED) is 0.869. The molecule has 1 aromatic carbocycles. The molecule has 0 N–H and O–H groups in total. The minimum Gasteiger partial charge on any atom is -0.239 e. The first-order chi connectivity index (χ1) is 10.2. The molecule has 2 aliphatic rings. The molecule has 21 heavy (non-hydrogen) atoms. The maximum atomic E-state index is 14.2. The van der Waals surface area contributed by atoms with E-state index < -0.39 is 6.17 Å². The summed E-state index contributed by atoms with van der Waals surface area (Å²) < 4.78 is 15.9. The van der Waals surface area contributed by atoms with Gasteiger partial charge in [0.05, 0.1) is 17.5 Å². The molecule has 0 saturated heterocycles. The Hall–Kier alpha value is -2.22. The zero-order chi connectivity index (χ0) is 14.4. The third-order valence-electron chi connectivity index (χ3n) is 4.48. The third kappa shape index (κ3) is 2.02. The lowest BCUT2D eigenvalue weighted by Crippen LogP contribution is -2.09. The van der Waals surface area contributed by atoms with E-state index in [0.29, 0.717) is 24.5 Å². The molecule has 0 bridgehead atoms. The molecule has 1 aromatic heterocycles. The van der Waals surface area contributed by atoms with Gasteiger partial charge in [0.2, 0.25) is 0 Å². The molecule has 5 heteroatoms. The molecule has 4 rings (SSSR count). The molecule has 1 saturated carbocycles. The van der Waals surface area contributed by atoms with Crippen molar-refractivity contribution in [2.45, 2.75) is 37.9 Å². The lowest BCUT2D eigenvalue weighted by Gasteiger charge is -2.11. The molecule has 2 atom stereocenters. The van der Waals surface area contributed by atoms with E-state index in [0.717, 1.165) is 18.4 Å². The summed E-state index contributed by atoms with van der Waals surface area (Å²) in [6.07, 6.45) is 1.65. The molecular formula is C16H15FN4. The lowest BCUT2D eigenvalue weighted by atomic mass is 10.0. The van der Waals surface area contributed by atoms with Crippen LogP contribution in [0, 0.1) is 16.7 Å². The normalized spacial score (nSPS) is 25.3. The standard InChI is InChI=1S/C16H15FN4/c17-12-8-13(11-4-2-1-3-5-11)21-15(12)19-14(20-21)9-16(10-18)6-7-16/h1-5,12-13H,6-9H2/t12-,13-/m1/s1. The molecule has 2 heterocycles. The molecule has 1 aliphatic carbocycles. The van der Waals surface area contributed by atoms with Crippen molar-refractivity contribution in [3.05, 3.63) is 47.5 Å². The van der Waals surface area contributed by atoms with Crippen LogP contribution in [-0.4, -0.2) is 14.8 Å². The molecule has 2 aromatic rings. The van der Waals surface area contributed by atoms with Crippen molar-refractivity contribution in [1.29, 1.82) is 5.26 Å². The van der Waals surface area contributed by atoms with Gasteiger partial charge < -0.3 is 0 Å². The van der Waals surface area contributed by atoms with Gasteiger partial charge in [-0.3, -0.25) is 0 Å². The van der Waals surface area contributed by atoms with E-state index in [4.69, 9.17) is 5.26 Å². The highest BCUT2D eigenvalue weighted by Gasteiger charge is 2.45. The average molecular weight is 282 g/mol. The van der Waals surface area contributed by atoms with Gasteiger partial charge in [-0.25, -0.2) is 14.1 Å². The Morgan fingerprint density at radius 2 is 2.10 bits per heavy atom. The van der Waals surface area contributed by atoms with E-state index >= 15 is 0 Å². The van der Waals surface area contributed by atoms with Crippen LogP contribution in [0.3, 0.4) is 0 Å². The smallest absolute Gasteiger partial charge is 0.162 e. The zero-order valence-electron chi connectivity index (χ0n) is 11.5. The molecule has 1 fully saturated rings. The molecule has 0 spiro atoms. The number of alkyl halides is 1. The summed E-state index contributed by atoms with van der Waals surface area (Å²) in [6.45, 7) is 0.